The number of nitrogens with two attached hydrogens (primary N) is 1. The van der Waals surface area contributed by atoms with Gasteiger partial charge in [0.1, 0.15) is 11.9 Å². The third-order valence-corrected chi connectivity index (χ3v) is 5.33. The van der Waals surface area contributed by atoms with E-state index in [0.717, 1.165) is 11.1 Å². The first kappa shape index (κ1) is 20.6. The predicted molar refractivity (Wildman–Crippen MR) is 110 cm³/mol. The van der Waals surface area contributed by atoms with E-state index in [0.29, 0.717) is 12.0 Å². The number of aromatic amines is 1. The van der Waals surface area contributed by atoms with Gasteiger partial charge >= 0.3 is 0 Å². The van der Waals surface area contributed by atoms with E-state index in [2.05, 4.69) is 25.9 Å². The number of hydrogen-bond donors (Lipinski definition) is 3. The molecule has 0 fully saturated rings. The second-order valence-electron chi connectivity index (χ2n) is 7.49. The number of carbonyl (C=O) groups excluding carboxylic acids is 2. The van der Waals surface area contributed by atoms with E-state index >= 15 is 0 Å². The van der Waals surface area contributed by atoms with E-state index in [1.807, 2.05) is 24.3 Å². The number of rotatable bonds is 6. The minimum Gasteiger partial charge on any atom is -0.327 e. The van der Waals surface area contributed by atoms with Crippen LogP contribution in [-0.2, 0) is 29.0 Å². The number of nitrogens with zero attached hydrogens (tertiary/aromatic N) is 4. The van der Waals surface area contributed by atoms with Crippen LogP contribution in [0.4, 0.5) is 10.3 Å². The lowest BCUT2D eigenvalue weighted by Gasteiger charge is -2.36. The Bertz CT molecular complexity index is 1070. The average Bonchev–Trinajstić information content (AvgIpc) is 3.27. The zero-order valence-electron chi connectivity index (χ0n) is 16.7. The van der Waals surface area contributed by atoms with Crippen LogP contribution in [0.3, 0.4) is 0 Å². The molecule has 9 nitrogen and oxygen atoms in total. The molecule has 0 spiro atoms. The largest absolute Gasteiger partial charge is 0.327 e. The summed E-state index contributed by atoms with van der Waals surface area (Å²) < 4.78 is 13.9. The van der Waals surface area contributed by atoms with Gasteiger partial charge in [0.25, 0.3) is 5.95 Å². The van der Waals surface area contributed by atoms with E-state index in [9.17, 15) is 14.0 Å². The molecule has 0 radical (unpaired) electrons. The van der Waals surface area contributed by atoms with Gasteiger partial charge in [0.2, 0.25) is 11.8 Å². The molecule has 1 aromatic heterocycles. The Morgan fingerprint density at radius 1 is 1.19 bits per heavy atom. The molecule has 0 aliphatic carbocycles. The van der Waals surface area contributed by atoms with Crippen LogP contribution in [-0.4, -0.2) is 49.4 Å². The highest BCUT2D eigenvalue weighted by Gasteiger charge is 2.35. The van der Waals surface area contributed by atoms with Gasteiger partial charge in [0.05, 0.1) is 0 Å². The summed E-state index contributed by atoms with van der Waals surface area (Å²) in [5.41, 5.74) is 8.59. The van der Waals surface area contributed by atoms with Crippen LogP contribution < -0.4 is 11.1 Å². The molecule has 10 heteroatoms. The highest BCUT2D eigenvalue weighted by molar-refractivity contribution is 5.96. The summed E-state index contributed by atoms with van der Waals surface area (Å²) in [6, 6.07) is 12.7. The summed E-state index contributed by atoms with van der Waals surface area (Å²) in [6.07, 6.45) is 0.569. The van der Waals surface area contributed by atoms with Gasteiger partial charge in [-0.25, -0.2) is 4.39 Å². The molecule has 0 unspecified atom stereocenters. The molecular weight excluding hydrogens is 401 g/mol. The first-order valence-corrected chi connectivity index (χ1v) is 9.91. The Morgan fingerprint density at radius 2 is 1.94 bits per heavy atom. The molecule has 0 saturated carbocycles. The van der Waals surface area contributed by atoms with Crippen molar-refractivity contribution in [2.75, 3.05) is 5.32 Å². The molecule has 2 amide bonds. The maximum atomic E-state index is 13.9. The summed E-state index contributed by atoms with van der Waals surface area (Å²) in [4.78, 5) is 27.6. The lowest BCUT2D eigenvalue weighted by Crippen LogP contribution is -2.51. The quantitative estimate of drug-likeness (QED) is 0.546. The molecule has 0 saturated heterocycles. The van der Waals surface area contributed by atoms with Crippen LogP contribution in [0.25, 0.3) is 0 Å². The van der Waals surface area contributed by atoms with Gasteiger partial charge in [0, 0.05) is 25.4 Å². The fourth-order valence-electron chi connectivity index (χ4n) is 3.79. The molecular formula is C21H22FN7O2. The number of tetrazole rings is 1. The molecule has 2 atom stereocenters. The summed E-state index contributed by atoms with van der Waals surface area (Å²) in [6.45, 7) is 0.283. The lowest BCUT2D eigenvalue weighted by atomic mass is 9.92. The number of carbonyl (C=O) groups is 2. The second kappa shape index (κ2) is 9.00. The van der Waals surface area contributed by atoms with Crippen molar-refractivity contribution in [3.8, 4) is 0 Å². The van der Waals surface area contributed by atoms with Crippen molar-refractivity contribution in [3.05, 3.63) is 71.0 Å². The van der Waals surface area contributed by atoms with Crippen molar-refractivity contribution in [1.82, 2.24) is 25.5 Å². The first-order chi connectivity index (χ1) is 15.0. The van der Waals surface area contributed by atoms with Gasteiger partial charge in [-0.15, -0.1) is 5.10 Å². The number of halogens is 1. The third kappa shape index (κ3) is 4.75. The number of benzene rings is 2. The Morgan fingerprint density at radius 3 is 2.68 bits per heavy atom. The Hall–Kier alpha value is -3.66. The normalized spacial score (nSPS) is 16.5. The van der Waals surface area contributed by atoms with Crippen LogP contribution in [0, 0.1) is 5.82 Å². The molecule has 1 aliphatic rings. The summed E-state index contributed by atoms with van der Waals surface area (Å²) >= 11 is 0. The van der Waals surface area contributed by atoms with Crippen molar-refractivity contribution < 1.29 is 14.0 Å². The number of anilines is 1. The number of aromatic nitrogens is 4. The van der Waals surface area contributed by atoms with Crippen molar-refractivity contribution >= 4 is 17.8 Å². The highest BCUT2D eigenvalue weighted by atomic mass is 19.1. The van der Waals surface area contributed by atoms with Crippen molar-refractivity contribution in [1.29, 1.82) is 0 Å². The SMILES string of the molecule is N[C@@H](CC(=O)N1Cc2ccccc2C[C@H]1C(=O)Nc1nn[nH]n1)Cc1ccccc1F. The molecule has 0 bridgehead atoms. The molecule has 3 aromatic rings. The number of fused-ring (bicyclic) bond motifs is 1. The number of hydrogen-bond acceptors (Lipinski definition) is 6. The van der Waals surface area contributed by atoms with Gasteiger partial charge in [-0.05, 0) is 34.4 Å². The lowest BCUT2D eigenvalue weighted by molar-refractivity contribution is -0.140. The average molecular weight is 423 g/mol. The van der Waals surface area contributed by atoms with Crippen LogP contribution in [0.2, 0.25) is 0 Å². The van der Waals surface area contributed by atoms with E-state index in [4.69, 9.17) is 5.73 Å². The zero-order chi connectivity index (χ0) is 21.8. The zero-order valence-corrected chi connectivity index (χ0v) is 16.7. The maximum Gasteiger partial charge on any atom is 0.269 e. The fourth-order valence-corrected chi connectivity index (χ4v) is 3.79. The number of nitrogens with one attached hydrogen (secondary N) is 2. The summed E-state index contributed by atoms with van der Waals surface area (Å²) in [5, 5.41) is 15.7. The standard InChI is InChI=1S/C21H22FN7O2/c22-17-8-4-3-6-14(17)9-16(23)11-19(30)29-12-15-7-2-1-5-13(15)10-18(29)20(31)24-21-25-27-28-26-21/h1-8,16,18H,9-12,23H2,(H2,24,25,26,27,28,31)/t16-,18+/m1/s1. The van der Waals surface area contributed by atoms with Crippen LogP contribution >= 0.6 is 0 Å². The topological polar surface area (TPSA) is 130 Å². The summed E-state index contributed by atoms with van der Waals surface area (Å²) in [7, 11) is 0. The van der Waals surface area contributed by atoms with Crippen molar-refractivity contribution in [2.45, 2.75) is 37.9 Å². The molecule has 4 rings (SSSR count). The smallest absolute Gasteiger partial charge is 0.269 e. The van der Waals surface area contributed by atoms with Gasteiger partial charge in [-0.1, -0.05) is 47.6 Å². The Balaban J connectivity index is 1.50. The first-order valence-electron chi connectivity index (χ1n) is 9.91. The third-order valence-electron chi connectivity index (χ3n) is 5.33. The van der Waals surface area contributed by atoms with Crippen LogP contribution in [0.5, 0.6) is 0 Å². The summed E-state index contributed by atoms with van der Waals surface area (Å²) in [5.74, 6) is -0.999. The van der Waals surface area contributed by atoms with Gasteiger partial charge in [0.15, 0.2) is 0 Å². The molecule has 4 N–H and O–H groups in total. The molecule has 2 heterocycles. The van der Waals surface area contributed by atoms with E-state index in [1.165, 1.54) is 11.0 Å². The Kier molecular flexibility index (Phi) is 5.99. The molecule has 1 aliphatic heterocycles. The van der Waals surface area contributed by atoms with Crippen molar-refractivity contribution in [2.24, 2.45) is 5.73 Å². The molecule has 160 valence electrons. The van der Waals surface area contributed by atoms with Gasteiger partial charge in [-0.3, -0.25) is 14.9 Å². The van der Waals surface area contributed by atoms with E-state index in [-0.39, 0.29) is 37.1 Å². The van der Waals surface area contributed by atoms with Crippen molar-refractivity contribution in [3.63, 3.8) is 0 Å². The maximum absolute atomic E-state index is 13.9. The molecule has 31 heavy (non-hydrogen) atoms. The number of amides is 2. The Labute approximate surface area is 177 Å². The predicted octanol–water partition coefficient (Wildman–Crippen LogP) is 1.19. The van der Waals surface area contributed by atoms with Gasteiger partial charge < -0.3 is 10.6 Å². The minimum atomic E-state index is -0.749. The van der Waals surface area contributed by atoms with E-state index < -0.39 is 18.0 Å². The number of H-pyrrole nitrogens is 1. The second-order valence-corrected chi connectivity index (χ2v) is 7.49. The van der Waals surface area contributed by atoms with Crippen LogP contribution in [0.1, 0.15) is 23.1 Å². The minimum absolute atomic E-state index is 0.0114. The van der Waals surface area contributed by atoms with Gasteiger partial charge in [-0.2, -0.15) is 5.21 Å². The monoisotopic (exact) mass is 423 g/mol. The van der Waals surface area contributed by atoms with Crippen LogP contribution in [0.15, 0.2) is 48.5 Å². The van der Waals surface area contributed by atoms with E-state index in [1.54, 1.807) is 18.2 Å². The molecule has 2 aromatic carbocycles. The fraction of sp³-hybridized carbons (Fsp3) is 0.286. The highest BCUT2D eigenvalue weighted by Crippen LogP contribution is 2.25.